The van der Waals surface area contributed by atoms with Gasteiger partial charge in [-0.1, -0.05) is 12.1 Å². The molecule has 1 rings (SSSR count). The molecule has 1 aromatic carbocycles. The number of rotatable bonds is 9. The lowest BCUT2D eigenvalue weighted by atomic mass is 10.0. The van der Waals surface area contributed by atoms with Crippen molar-refractivity contribution in [1.82, 2.24) is 0 Å². The normalized spacial score (nSPS) is 13.4. The van der Waals surface area contributed by atoms with Crippen molar-refractivity contribution in [3.8, 4) is 0 Å². The van der Waals surface area contributed by atoms with Gasteiger partial charge in [0.15, 0.2) is 0 Å². The van der Waals surface area contributed by atoms with E-state index in [1.54, 1.807) is 38.1 Å². The number of aliphatic carboxylic acids is 1. The number of hydrogen-bond acceptors (Lipinski definition) is 4. The minimum absolute atomic E-state index is 0.281. The minimum atomic E-state index is -0.906. The van der Waals surface area contributed by atoms with E-state index in [4.69, 9.17) is 14.6 Å². The Bertz CT molecular complexity index is 503. The molecule has 2 atom stereocenters. The summed E-state index contributed by atoms with van der Waals surface area (Å²) in [4.78, 5) is 23.0. The Labute approximate surface area is 130 Å². The highest BCUT2D eigenvalue weighted by atomic mass is 16.5. The molecule has 0 bridgehead atoms. The summed E-state index contributed by atoms with van der Waals surface area (Å²) in [5.41, 5.74) is 1.19. The second-order valence-electron chi connectivity index (χ2n) is 4.88. The first kappa shape index (κ1) is 18.1. The number of ether oxygens (including phenoxy) is 2. The molecule has 122 valence electrons. The van der Waals surface area contributed by atoms with E-state index in [2.05, 4.69) is 5.32 Å². The molecular weight excluding hydrogens is 286 g/mol. The molecule has 1 amide bonds. The SMILES string of the molecule is CCOCCOC(C)C(=O)Nc1cccc(C(C)C(=O)O)c1. The molecule has 22 heavy (non-hydrogen) atoms. The number of amides is 1. The van der Waals surface area contributed by atoms with Crippen molar-refractivity contribution in [2.45, 2.75) is 32.8 Å². The average molecular weight is 309 g/mol. The van der Waals surface area contributed by atoms with Crippen LogP contribution in [0, 0.1) is 0 Å². The van der Waals surface area contributed by atoms with Gasteiger partial charge in [0.2, 0.25) is 0 Å². The van der Waals surface area contributed by atoms with E-state index in [0.717, 1.165) is 0 Å². The topological polar surface area (TPSA) is 84.9 Å². The Balaban J connectivity index is 2.57. The third kappa shape index (κ3) is 5.83. The number of carbonyl (C=O) groups excluding carboxylic acids is 1. The number of carboxylic acids is 1. The van der Waals surface area contributed by atoms with Crippen molar-refractivity contribution in [2.24, 2.45) is 0 Å². The average Bonchev–Trinajstić information content (AvgIpc) is 2.50. The lowest BCUT2D eigenvalue weighted by Gasteiger charge is -2.14. The summed E-state index contributed by atoms with van der Waals surface area (Å²) in [5.74, 6) is -1.82. The summed E-state index contributed by atoms with van der Waals surface area (Å²) in [6, 6.07) is 6.80. The summed E-state index contributed by atoms with van der Waals surface area (Å²) in [5, 5.41) is 11.7. The highest BCUT2D eigenvalue weighted by Crippen LogP contribution is 2.19. The van der Waals surface area contributed by atoms with Gasteiger partial charge < -0.3 is 19.9 Å². The Morgan fingerprint density at radius 3 is 2.64 bits per heavy atom. The van der Waals surface area contributed by atoms with E-state index < -0.39 is 18.0 Å². The largest absolute Gasteiger partial charge is 0.481 e. The zero-order valence-corrected chi connectivity index (χ0v) is 13.2. The first-order valence-electron chi connectivity index (χ1n) is 7.28. The number of carboxylic acid groups (broad SMARTS) is 1. The van der Waals surface area contributed by atoms with Gasteiger partial charge in [-0.25, -0.2) is 0 Å². The monoisotopic (exact) mass is 309 g/mol. The maximum absolute atomic E-state index is 12.0. The van der Waals surface area contributed by atoms with E-state index in [1.165, 1.54) is 0 Å². The molecule has 0 aromatic heterocycles. The third-order valence-electron chi connectivity index (χ3n) is 3.19. The zero-order valence-electron chi connectivity index (χ0n) is 13.2. The summed E-state index contributed by atoms with van der Waals surface area (Å²) in [7, 11) is 0. The van der Waals surface area contributed by atoms with Crippen LogP contribution in [0.5, 0.6) is 0 Å². The van der Waals surface area contributed by atoms with Crippen LogP contribution >= 0.6 is 0 Å². The van der Waals surface area contributed by atoms with Crippen molar-refractivity contribution >= 4 is 17.6 Å². The lowest BCUT2D eigenvalue weighted by molar-refractivity contribution is -0.138. The summed E-state index contributed by atoms with van der Waals surface area (Å²) < 4.78 is 10.5. The summed E-state index contributed by atoms with van der Waals surface area (Å²) in [6.45, 7) is 6.55. The highest BCUT2D eigenvalue weighted by Gasteiger charge is 2.16. The molecule has 0 saturated heterocycles. The van der Waals surface area contributed by atoms with Gasteiger partial charge in [-0.05, 0) is 38.5 Å². The molecule has 0 aliphatic carbocycles. The first-order valence-corrected chi connectivity index (χ1v) is 7.28. The first-order chi connectivity index (χ1) is 10.5. The molecule has 0 saturated carbocycles. The number of benzene rings is 1. The Morgan fingerprint density at radius 1 is 1.27 bits per heavy atom. The molecule has 1 aromatic rings. The van der Waals surface area contributed by atoms with Gasteiger partial charge >= 0.3 is 5.97 Å². The van der Waals surface area contributed by atoms with Gasteiger partial charge in [0.25, 0.3) is 5.91 Å². The number of hydrogen-bond donors (Lipinski definition) is 2. The summed E-state index contributed by atoms with van der Waals surface area (Å²) >= 11 is 0. The molecule has 0 spiro atoms. The quantitative estimate of drug-likeness (QED) is 0.683. The van der Waals surface area contributed by atoms with Crippen molar-refractivity contribution in [1.29, 1.82) is 0 Å². The Morgan fingerprint density at radius 2 is 2.00 bits per heavy atom. The van der Waals surface area contributed by atoms with Crippen LogP contribution in [-0.4, -0.2) is 42.9 Å². The molecule has 0 aliphatic heterocycles. The maximum atomic E-state index is 12.0. The Hall–Kier alpha value is -1.92. The van der Waals surface area contributed by atoms with Crippen molar-refractivity contribution in [2.75, 3.05) is 25.1 Å². The van der Waals surface area contributed by atoms with Gasteiger partial charge in [-0.2, -0.15) is 0 Å². The van der Waals surface area contributed by atoms with E-state index in [0.29, 0.717) is 31.1 Å². The van der Waals surface area contributed by atoms with E-state index in [1.807, 2.05) is 6.92 Å². The third-order valence-corrected chi connectivity index (χ3v) is 3.19. The smallest absolute Gasteiger partial charge is 0.310 e. The molecule has 6 heteroatoms. The van der Waals surface area contributed by atoms with E-state index in [-0.39, 0.29) is 5.91 Å². The molecule has 0 heterocycles. The van der Waals surface area contributed by atoms with Gasteiger partial charge in [0.1, 0.15) is 6.10 Å². The van der Waals surface area contributed by atoms with E-state index >= 15 is 0 Å². The van der Waals surface area contributed by atoms with Gasteiger partial charge in [0, 0.05) is 12.3 Å². The van der Waals surface area contributed by atoms with Crippen LogP contribution < -0.4 is 5.32 Å². The highest BCUT2D eigenvalue weighted by molar-refractivity contribution is 5.94. The van der Waals surface area contributed by atoms with Crippen LogP contribution in [0.3, 0.4) is 0 Å². The lowest BCUT2D eigenvalue weighted by Crippen LogP contribution is -2.29. The number of anilines is 1. The second-order valence-corrected chi connectivity index (χ2v) is 4.88. The molecule has 0 fully saturated rings. The predicted octanol–water partition coefficient (Wildman–Crippen LogP) is 2.25. The van der Waals surface area contributed by atoms with Gasteiger partial charge in [0.05, 0.1) is 19.1 Å². The molecule has 0 radical (unpaired) electrons. The maximum Gasteiger partial charge on any atom is 0.310 e. The van der Waals surface area contributed by atoms with Crippen LogP contribution in [0.4, 0.5) is 5.69 Å². The number of nitrogens with one attached hydrogen (secondary N) is 1. The van der Waals surface area contributed by atoms with Gasteiger partial charge in [-0.3, -0.25) is 9.59 Å². The van der Waals surface area contributed by atoms with Crippen molar-refractivity contribution in [3.05, 3.63) is 29.8 Å². The van der Waals surface area contributed by atoms with Crippen molar-refractivity contribution in [3.63, 3.8) is 0 Å². The fraction of sp³-hybridized carbons (Fsp3) is 0.500. The number of carbonyl (C=O) groups is 2. The fourth-order valence-corrected chi connectivity index (χ4v) is 1.78. The second kappa shape index (κ2) is 9.17. The Kier molecular flexibility index (Phi) is 7.56. The predicted molar refractivity (Wildman–Crippen MR) is 83.0 cm³/mol. The van der Waals surface area contributed by atoms with E-state index in [9.17, 15) is 9.59 Å². The van der Waals surface area contributed by atoms with Crippen LogP contribution in [0.2, 0.25) is 0 Å². The van der Waals surface area contributed by atoms with Crippen LogP contribution in [0.15, 0.2) is 24.3 Å². The van der Waals surface area contributed by atoms with Gasteiger partial charge in [-0.15, -0.1) is 0 Å². The van der Waals surface area contributed by atoms with Crippen LogP contribution in [0.25, 0.3) is 0 Å². The van der Waals surface area contributed by atoms with Crippen LogP contribution in [-0.2, 0) is 19.1 Å². The fourth-order valence-electron chi connectivity index (χ4n) is 1.78. The molecular formula is C16H23NO5. The summed E-state index contributed by atoms with van der Waals surface area (Å²) in [6.07, 6.45) is -0.610. The minimum Gasteiger partial charge on any atom is -0.481 e. The molecule has 2 unspecified atom stereocenters. The molecule has 0 aliphatic rings. The van der Waals surface area contributed by atoms with Crippen LogP contribution in [0.1, 0.15) is 32.3 Å². The standard InChI is InChI=1S/C16H23NO5/c1-4-21-8-9-22-12(3)15(18)17-14-7-5-6-13(10-14)11(2)16(19)20/h5-7,10-12H,4,8-9H2,1-3H3,(H,17,18)(H,19,20). The van der Waals surface area contributed by atoms with Crippen molar-refractivity contribution < 1.29 is 24.2 Å². The zero-order chi connectivity index (χ0) is 16.5. The molecule has 2 N–H and O–H groups in total. The molecule has 6 nitrogen and oxygen atoms in total.